The van der Waals surface area contributed by atoms with Crippen LogP contribution in [0.15, 0.2) is 18.2 Å². The summed E-state index contributed by atoms with van der Waals surface area (Å²) in [6.45, 7) is 7.72. The van der Waals surface area contributed by atoms with Gasteiger partial charge in [0.05, 0.1) is 5.69 Å². The van der Waals surface area contributed by atoms with Crippen molar-refractivity contribution in [1.29, 1.82) is 0 Å². The number of piperidine rings is 1. The molecule has 1 aliphatic heterocycles. The standard InChI is InChI=1S/C18H25N5O/c1-12-7-8-16(19-14(12)3)18(24)20-15-6-5-9-23(11-15)17-10-13(2)21-22(17)4/h7-8,10,15H,5-6,9,11H2,1-4H3,(H,20,24)/t15-/m0/s1. The zero-order valence-corrected chi connectivity index (χ0v) is 14.8. The van der Waals surface area contributed by atoms with Crippen LogP contribution < -0.4 is 10.2 Å². The number of aryl methyl sites for hydroxylation is 4. The molecular weight excluding hydrogens is 302 g/mol. The molecule has 1 N–H and O–H groups in total. The second kappa shape index (κ2) is 6.63. The Labute approximate surface area is 142 Å². The maximum Gasteiger partial charge on any atom is 0.270 e. The first kappa shape index (κ1) is 16.5. The van der Waals surface area contributed by atoms with E-state index in [4.69, 9.17) is 0 Å². The Morgan fingerprint density at radius 1 is 1.29 bits per heavy atom. The second-order valence-electron chi connectivity index (χ2n) is 6.62. The number of hydrogen-bond acceptors (Lipinski definition) is 4. The Morgan fingerprint density at radius 3 is 2.75 bits per heavy atom. The van der Waals surface area contributed by atoms with Gasteiger partial charge in [-0.3, -0.25) is 9.48 Å². The maximum absolute atomic E-state index is 12.5. The van der Waals surface area contributed by atoms with Crippen LogP contribution in [0.3, 0.4) is 0 Å². The van der Waals surface area contributed by atoms with Gasteiger partial charge in [-0.1, -0.05) is 6.07 Å². The first-order valence-electron chi connectivity index (χ1n) is 8.45. The normalized spacial score (nSPS) is 17.8. The van der Waals surface area contributed by atoms with E-state index >= 15 is 0 Å². The zero-order valence-electron chi connectivity index (χ0n) is 14.8. The molecule has 24 heavy (non-hydrogen) atoms. The fourth-order valence-corrected chi connectivity index (χ4v) is 3.21. The van der Waals surface area contributed by atoms with E-state index in [1.807, 2.05) is 38.6 Å². The minimum Gasteiger partial charge on any atom is -0.355 e. The molecule has 1 fully saturated rings. The predicted molar refractivity (Wildman–Crippen MR) is 94.4 cm³/mol. The summed E-state index contributed by atoms with van der Waals surface area (Å²) in [6.07, 6.45) is 2.04. The largest absolute Gasteiger partial charge is 0.355 e. The molecule has 2 aromatic heterocycles. The quantitative estimate of drug-likeness (QED) is 0.938. The summed E-state index contributed by atoms with van der Waals surface area (Å²) in [7, 11) is 1.96. The molecule has 128 valence electrons. The molecule has 0 saturated carbocycles. The molecule has 3 heterocycles. The Kier molecular flexibility index (Phi) is 4.55. The summed E-state index contributed by atoms with van der Waals surface area (Å²) in [5, 5.41) is 7.55. The fraction of sp³-hybridized carbons (Fsp3) is 0.500. The minimum atomic E-state index is -0.0915. The highest BCUT2D eigenvalue weighted by atomic mass is 16.1. The number of carbonyl (C=O) groups excluding carboxylic acids is 1. The lowest BCUT2D eigenvalue weighted by Gasteiger charge is -2.34. The average molecular weight is 327 g/mol. The predicted octanol–water partition coefficient (Wildman–Crippen LogP) is 2.14. The number of amides is 1. The first-order chi connectivity index (χ1) is 11.4. The Bertz CT molecular complexity index is 752. The summed E-state index contributed by atoms with van der Waals surface area (Å²) in [5.41, 5.74) is 3.50. The SMILES string of the molecule is Cc1cc(N2CCC[C@H](NC(=O)c3ccc(C)c(C)n3)C2)n(C)n1. The van der Waals surface area contributed by atoms with Gasteiger partial charge in [0.2, 0.25) is 0 Å². The molecule has 1 atom stereocenters. The van der Waals surface area contributed by atoms with Gasteiger partial charge in [0.25, 0.3) is 5.91 Å². The maximum atomic E-state index is 12.5. The average Bonchev–Trinajstić information content (AvgIpc) is 2.89. The number of pyridine rings is 1. The van der Waals surface area contributed by atoms with Crippen LogP contribution in [-0.4, -0.2) is 39.8 Å². The lowest BCUT2D eigenvalue weighted by molar-refractivity contribution is 0.0928. The van der Waals surface area contributed by atoms with Gasteiger partial charge in [-0.05, 0) is 45.2 Å². The lowest BCUT2D eigenvalue weighted by Crippen LogP contribution is -2.48. The molecule has 0 aromatic carbocycles. The third-order valence-electron chi connectivity index (χ3n) is 4.64. The van der Waals surface area contributed by atoms with Crippen molar-refractivity contribution in [2.75, 3.05) is 18.0 Å². The van der Waals surface area contributed by atoms with Crippen LogP contribution in [0.4, 0.5) is 5.82 Å². The molecule has 6 heteroatoms. The van der Waals surface area contributed by atoms with Gasteiger partial charge in [0.15, 0.2) is 0 Å². The summed E-state index contributed by atoms with van der Waals surface area (Å²) < 4.78 is 1.91. The van der Waals surface area contributed by atoms with Gasteiger partial charge in [-0.15, -0.1) is 0 Å². The zero-order chi connectivity index (χ0) is 17.3. The second-order valence-corrected chi connectivity index (χ2v) is 6.62. The van der Waals surface area contributed by atoms with Crippen LogP contribution in [0.2, 0.25) is 0 Å². The van der Waals surface area contributed by atoms with Crippen molar-refractivity contribution in [3.8, 4) is 0 Å². The summed E-state index contributed by atoms with van der Waals surface area (Å²) in [4.78, 5) is 19.2. The van der Waals surface area contributed by atoms with E-state index in [0.717, 1.165) is 48.7 Å². The van der Waals surface area contributed by atoms with E-state index in [1.54, 1.807) is 6.07 Å². The third kappa shape index (κ3) is 3.42. The van der Waals surface area contributed by atoms with E-state index in [9.17, 15) is 4.79 Å². The van der Waals surface area contributed by atoms with Gasteiger partial charge >= 0.3 is 0 Å². The monoisotopic (exact) mass is 327 g/mol. The lowest BCUT2D eigenvalue weighted by atomic mass is 10.1. The molecule has 2 aromatic rings. The highest BCUT2D eigenvalue weighted by molar-refractivity contribution is 5.92. The number of carbonyl (C=O) groups is 1. The molecule has 1 saturated heterocycles. The topological polar surface area (TPSA) is 63.1 Å². The van der Waals surface area contributed by atoms with Gasteiger partial charge < -0.3 is 10.2 Å². The van der Waals surface area contributed by atoms with E-state index in [2.05, 4.69) is 26.4 Å². The highest BCUT2D eigenvalue weighted by Gasteiger charge is 2.24. The fourth-order valence-electron chi connectivity index (χ4n) is 3.21. The molecule has 6 nitrogen and oxygen atoms in total. The van der Waals surface area contributed by atoms with Crippen molar-refractivity contribution in [2.24, 2.45) is 7.05 Å². The van der Waals surface area contributed by atoms with Crippen LogP contribution in [0.5, 0.6) is 0 Å². The van der Waals surface area contributed by atoms with E-state index in [-0.39, 0.29) is 11.9 Å². The van der Waals surface area contributed by atoms with Crippen LogP contribution in [0, 0.1) is 20.8 Å². The van der Waals surface area contributed by atoms with Crippen molar-refractivity contribution >= 4 is 11.7 Å². The smallest absolute Gasteiger partial charge is 0.270 e. The summed E-state index contributed by atoms with van der Waals surface area (Å²) in [5.74, 6) is 1.02. The number of nitrogens with one attached hydrogen (secondary N) is 1. The van der Waals surface area contributed by atoms with E-state index in [1.165, 1.54) is 0 Å². The van der Waals surface area contributed by atoms with Crippen LogP contribution >= 0.6 is 0 Å². The van der Waals surface area contributed by atoms with Crippen molar-refractivity contribution in [3.05, 3.63) is 40.8 Å². The van der Waals surface area contributed by atoms with Gasteiger partial charge in [-0.25, -0.2) is 4.98 Å². The van der Waals surface area contributed by atoms with Crippen LogP contribution in [0.25, 0.3) is 0 Å². The Hall–Kier alpha value is -2.37. The van der Waals surface area contributed by atoms with Gasteiger partial charge in [-0.2, -0.15) is 5.10 Å². The number of aromatic nitrogens is 3. The van der Waals surface area contributed by atoms with Crippen LogP contribution in [-0.2, 0) is 7.05 Å². The molecule has 0 bridgehead atoms. The molecule has 1 amide bonds. The number of rotatable bonds is 3. The molecule has 0 radical (unpaired) electrons. The van der Waals surface area contributed by atoms with Crippen molar-refractivity contribution in [2.45, 2.75) is 39.7 Å². The Balaban J connectivity index is 1.67. The van der Waals surface area contributed by atoms with Crippen molar-refractivity contribution in [1.82, 2.24) is 20.1 Å². The molecule has 0 unspecified atom stereocenters. The third-order valence-corrected chi connectivity index (χ3v) is 4.64. The molecular formula is C18H25N5O. The number of hydrogen-bond donors (Lipinski definition) is 1. The van der Waals surface area contributed by atoms with Crippen molar-refractivity contribution < 1.29 is 4.79 Å². The molecule has 0 spiro atoms. The highest BCUT2D eigenvalue weighted by Crippen LogP contribution is 2.20. The van der Waals surface area contributed by atoms with Crippen LogP contribution in [0.1, 0.15) is 40.3 Å². The van der Waals surface area contributed by atoms with E-state index < -0.39 is 0 Å². The molecule has 0 aliphatic carbocycles. The number of nitrogens with zero attached hydrogens (tertiary/aromatic N) is 4. The first-order valence-corrected chi connectivity index (χ1v) is 8.45. The molecule has 1 aliphatic rings. The number of anilines is 1. The Morgan fingerprint density at radius 2 is 2.08 bits per heavy atom. The summed E-state index contributed by atoms with van der Waals surface area (Å²) >= 11 is 0. The molecule has 3 rings (SSSR count). The van der Waals surface area contributed by atoms with Gasteiger partial charge in [0.1, 0.15) is 11.5 Å². The van der Waals surface area contributed by atoms with Gasteiger partial charge in [0, 0.05) is 37.9 Å². The van der Waals surface area contributed by atoms with Crippen molar-refractivity contribution in [3.63, 3.8) is 0 Å². The summed E-state index contributed by atoms with van der Waals surface area (Å²) in [6, 6.07) is 5.96. The van der Waals surface area contributed by atoms with E-state index in [0.29, 0.717) is 5.69 Å². The minimum absolute atomic E-state index is 0.0915.